The lowest BCUT2D eigenvalue weighted by Crippen LogP contribution is -2.36. The second-order valence-electron chi connectivity index (χ2n) is 7.12. The van der Waals surface area contributed by atoms with E-state index in [1.807, 2.05) is 0 Å². The minimum absolute atomic E-state index is 0.176. The Kier molecular flexibility index (Phi) is 6.93. The summed E-state index contributed by atoms with van der Waals surface area (Å²) in [5, 5.41) is 2.88. The fourth-order valence-corrected chi connectivity index (χ4v) is 3.64. The number of halogens is 2. The number of rotatable bonds is 7. The number of nitrogens with one attached hydrogen (secondary N) is 1. The Hall–Kier alpha value is -2.80. The molecule has 1 aliphatic rings. The molecular formula is C22H24F2N2O3. The molecule has 1 fully saturated rings. The van der Waals surface area contributed by atoms with E-state index in [0.29, 0.717) is 30.7 Å². The Bertz CT molecular complexity index is 857. The van der Waals surface area contributed by atoms with Gasteiger partial charge in [0.2, 0.25) is 5.91 Å². The first-order valence-corrected chi connectivity index (χ1v) is 9.56. The number of carbonyl (C=O) groups excluding carboxylic acids is 2. The predicted molar refractivity (Wildman–Crippen MR) is 104 cm³/mol. The number of carbonyl (C=O) groups is 2. The molecule has 0 spiro atoms. The lowest BCUT2D eigenvalue weighted by atomic mass is 9.88. The lowest BCUT2D eigenvalue weighted by Gasteiger charge is -2.18. The maximum Gasteiger partial charge on any atom is 0.253 e. The summed E-state index contributed by atoms with van der Waals surface area (Å²) in [6.07, 6.45) is 0.678. The molecule has 29 heavy (non-hydrogen) atoms. The molecule has 1 aliphatic heterocycles. The predicted octanol–water partition coefficient (Wildman–Crippen LogP) is 2.97. The molecule has 3 rings (SSSR count). The van der Waals surface area contributed by atoms with Gasteiger partial charge in [-0.1, -0.05) is 12.1 Å². The van der Waals surface area contributed by atoms with Crippen LogP contribution in [0.2, 0.25) is 0 Å². The number of nitrogens with zero attached hydrogens (tertiary/aromatic N) is 1. The van der Waals surface area contributed by atoms with E-state index < -0.39 is 11.7 Å². The quantitative estimate of drug-likeness (QED) is 0.725. The first-order chi connectivity index (χ1) is 14.0. The Morgan fingerprint density at radius 3 is 2.55 bits per heavy atom. The van der Waals surface area contributed by atoms with Crippen LogP contribution >= 0.6 is 0 Å². The molecule has 1 saturated heterocycles. The van der Waals surface area contributed by atoms with Crippen molar-refractivity contribution in [2.24, 2.45) is 5.92 Å². The highest BCUT2D eigenvalue weighted by molar-refractivity contribution is 5.95. The molecule has 0 saturated carbocycles. The molecule has 0 bridgehead atoms. The molecule has 0 aromatic heterocycles. The lowest BCUT2D eigenvalue weighted by molar-refractivity contribution is -0.124. The summed E-state index contributed by atoms with van der Waals surface area (Å²) >= 11 is 0. The fourth-order valence-electron chi connectivity index (χ4n) is 3.64. The van der Waals surface area contributed by atoms with Crippen LogP contribution in [-0.4, -0.2) is 50.1 Å². The van der Waals surface area contributed by atoms with E-state index >= 15 is 0 Å². The minimum Gasteiger partial charge on any atom is -0.385 e. The first kappa shape index (κ1) is 20.9. The highest BCUT2D eigenvalue weighted by Gasteiger charge is 2.40. The van der Waals surface area contributed by atoms with Crippen LogP contribution in [0.5, 0.6) is 0 Å². The molecule has 0 radical (unpaired) electrons. The van der Waals surface area contributed by atoms with Crippen LogP contribution in [0.4, 0.5) is 8.78 Å². The smallest absolute Gasteiger partial charge is 0.253 e. The number of methoxy groups -OCH3 is 1. The van der Waals surface area contributed by atoms with Crippen molar-refractivity contribution < 1.29 is 23.1 Å². The molecule has 2 amide bonds. The number of hydrogen-bond donors (Lipinski definition) is 1. The summed E-state index contributed by atoms with van der Waals surface area (Å²) in [4.78, 5) is 27.2. The highest BCUT2D eigenvalue weighted by atomic mass is 19.1. The Balaban J connectivity index is 1.78. The summed E-state index contributed by atoms with van der Waals surface area (Å²) in [5.74, 6) is -2.08. The van der Waals surface area contributed by atoms with Crippen LogP contribution in [0.25, 0.3) is 0 Å². The van der Waals surface area contributed by atoms with Gasteiger partial charge in [0.15, 0.2) is 0 Å². The van der Waals surface area contributed by atoms with E-state index in [2.05, 4.69) is 5.32 Å². The van der Waals surface area contributed by atoms with E-state index in [0.717, 1.165) is 0 Å². The third-order valence-electron chi connectivity index (χ3n) is 5.14. The maximum atomic E-state index is 13.8. The Morgan fingerprint density at radius 2 is 1.86 bits per heavy atom. The molecule has 1 heterocycles. The first-order valence-electron chi connectivity index (χ1n) is 9.56. The van der Waals surface area contributed by atoms with Gasteiger partial charge in [0.05, 0.1) is 5.92 Å². The molecule has 2 unspecified atom stereocenters. The number of likely N-dealkylation sites (tertiary alicyclic amines) is 1. The zero-order valence-electron chi connectivity index (χ0n) is 16.2. The van der Waals surface area contributed by atoms with Gasteiger partial charge in [0.25, 0.3) is 5.91 Å². The molecule has 154 valence electrons. The SMILES string of the molecule is COCCCNC(=O)C1CN(C(=O)c2ccc(F)cc2)CC1c1cccc(F)c1. The van der Waals surface area contributed by atoms with Crippen molar-refractivity contribution in [3.8, 4) is 0 Å². The van der Waals surface area contributed by atoms with E-state index in [4.69, 9.17) is 4.74 Å². The summed E-state index contributed by atoms with van der Waals surface area (Å²) in [7, 11) is 1.59. The zero-order valence-corrected chi connectivity index (χ0v) is 16.2. The number of hydrogen-bond acceptors (Lipinski definition) is 3. The van der Waals surface area contributed by atoms with Crippen molar-refractivity contribution in [2.45, 2.75) is 12.3 Å². The molecule has 2 atom stereocenters. The van der Waals surface area contributed by atoms with Gasteiger partial charge in [-0.15, -0.1) is 0 Å². The third-order valence-corrected chi connectivity index (χ3v) is 5.14. The zero-order chi connectivity index (χ0) is 20.8. The summed E-state index contributed by atoms with van der Waals surface area (Å²) in [6.45, 7) is 1.50. The van der Waals surface area contributed by atoms with Crippen molar-refractivity contribution in [3.63, 3.8) is 0 Å². The van der Waals surface area contributed by atoms with Gasteiger partial charge >= 0.3 is 0 Å². The monoisotopic (exact) mass is 402 g/mol. The summed E-state index contributed by atoms with van der Waals surface area (Å²) in [6, 6.07) is 11.4. The van der Waals surface area contributed by atoms with Crippen LogP contribution in [-0.2, 0) is 9.53 Å². The van der Waals surface area contributed by atoms with Crippen LogP contribution in [0.3, 0.4) is 0 Å². The van der Waals surface area contributed by atoms with Crippen molar-refractivity contribution >= 4 is 11.8 Å². The Morgan fingerprint density at radius 1 is 1.10 bits per heavy atom. The number of ether oxygens (including phenoxy) is 1. The molecule has 2 aromatic carbocycles. The van der Waals surface area contributed by atoms with E-state index in [9.17, 15) is 18.4 Å². The van der Waals surface area contributed by atoms with Crippen LogP contribution in [0.15, 0.2) is 48.5 Å². The topological polar surface area (TPSA) is 58.6 Å². The van der Waals surface area contributed by atoms with Crippen LogP contribution < -0.4 is 5.32 Å². The van der Waals surface area contributed by atoms with Crippen molar-refractivity contribution in [1.82, 2.24) is 10.2 Å². The average molecular weight is 402 g/mol. The molecule has 5 nitrogen and oxygen atoms in total. The molecule has 0 aliphatic carbocycles. The molecular weight excluding hydrogens is 378 g/mol. The largest absolute Gasteiger partial charge is 0.385 e. The van der Waals surface area contributed by atoms with Crippen molar-refractivity contribution in [1.29, 1.82) is 0 Å². The van der Waals surface area contributed by atoms with Gasteiger partial charge < -0.3 is 15.0 Å². The second kappa shape index (κ2) is 9.60. The summed E-state index contributed by atoms with van der Waals surface area (Å²) < 4.78 is 31.9. The minimum atomic E-state index is -0.497. The van der Waals surface area contributed by atoms with Gasteiger partial charge in [-0.05, 0) is 48.4 Å². The van der Waals surface area contributed by atoms with E-state index in [-0.39, 0.29) is 36.6 Å². The van der Waals surface area contributed by atoms with Crippen molar-refractivity contribution in [3.05, 3.63) is 71.3 Å². The molecule has 2 aromatic rings. The van der Waals surface area contributed by atoms with Gasteiger partial charge in [-0.2, -0.15) is 0 Å². The van der Waals surface area contributed by atoms with Gasteiger partial charge in [-0.3, -0.25) is 9.59 Å². The molecule has 1 N–H and O–H groups in total. The highest BCUT2D eigenvalue weighted by Crippen LogP contribution is 2.34. The summed E-state index contributed by atoms with van der Waals surface area (Å²) in [5.41, 5.74) is 1.03. The van der Waals surface area contributed by atoms with Gasteiger partial charge in [-0.25, -0.2) is 8.78 Å². The van der Waals surface area contributed by atoms with Crippen molar-refractivity contribution in [2.75, 3.05) is 33.4 Å². The standard InChI is InChI=1S/C22H24F2N2O3/c1-29-11-3-10-25-21(27)20-14-26(22(28)15-6-8-17(23)9-7-15)13-19(20)16-4-2-5-18(24)12-16/h2,4-9,12,19-20H,3,10-11,13-14H2,1H3,(H,25,27). The number of amides is 2. The van der Waals surface area contributed by atoms with Crippen LogP contribution in [0, 0.1) is 17.6 Å². The third kappa shape index (κ3) is 5.17. The Labute approximate surface area is 168 Å². The second-order valence-corrected chi connectivity index (χ2v) is 7.12. The fraction of sp³-hybridized carbons (Fsp3) is 0.364. The van der Waals surface area contributed by atoms with E-state index in [1.165, 1.54) is 36.4 Å². The number of benzene rings is 2. The molecule has 7 heteroatoms. The van der Waals surface area contributed by atoms with Gasteiger partial charge in [0.1, 0.15) is 11.6 Å². The van der Waals surface area contributed by atoms with Gasteiger partial charge in [0, 0.05) is 44.8 Å². The normalized spacial score (nSPS) is 18.7. The average Bonchev–Trinajstić information content (AvgIpc) is 3.17. The van der Waals surface area contributed by atoms with E-state index in [1.54, 1.807) is 24.1 Å². The van der Waals surface area contributed by atoms with Crippen LogP contribution in [0.1, 0.15) is 28.3 Å². The maximum absolute atomic E-state index is 13.8.